The molecule has 5 heteroatoms. The summed E-state index contributed by atoms with van der Waals surface area (Å²) < 4.78 is 0. The highest BCUT2D eigenvalue weighted by Crippen LogP contribution is 2.14. The van der Waals surface area contributed by atoms with Crippen LogP contribution < -0.4 is 4.90 Å². The normalized spacial score (nSPS) is 15.2. The van der Waals surface area contributed by atoms with Crippen molar-refractivity contribution in [3.8, 4) is 0 Å². The Kier molecular flexibility index (Phi) is 4.27. The number of carbonyl (C=O) groups excluding carboxylic acids is 2. The SMILES string of the molecule is CC(=O)N1CCN(C(=O)c2ccc(N(C)C)cc2)CC1. The molecule has 0 aliphatic carbocycles. The van der Waals surface area contributed by atoms with E-state index >= 15 is 0 Å². The Hall–Kier alpha value is -2.04. The Labute approximate surface area is 119 Å². The molecule has 2 rings (SSSR count). The summed E-state index contributed by atoms with van der Waals surface area (Å²) in [5.41, 5.74) is 1.77. The lowest BCUT2D eigenvalue weighted by Crippen LogP contribution is -2.50. The Bertz CT molecular complexity index is 488. The summed E-state index contributed by atoms with van der Waals surface area (Å²) in [5.74, 6) is 0.117. The van der Waals surface area contributed by atoms with E-state index in [-0.39, 0.29) is 11.8 Å². The third-order valence-electron chi connectivity index (χ3n) is 3.64. The molecule has 1 heterocycles. The van der Waals surface area contributed by atoms with E-state index in [1.165, 1.54) is 0 Å². The lowest BCUT2D eigenvalue weighted by atomic mass is 10.1. The largest absolute Gasteiger partial charge is 0.378 e. The van der Waals surface area contributed by atoms with E-state index in [0.717, 1.165) is 5.69 Å². The molecule has 1 aromatic rings. The topological polar surface area (TPSA) is 43.9 Å². The highest BCUT2D eigenvalue weighted by molar-refractivity contribution is 5.94. The average molecular weight is 275 g/mol. The predicted molar refractivity (Wildman–Crippen MR) is 78.9 cm³/mol. The molecule has 1 saturated heterocycles. The molecule has 1 aromatic carbocycles. The van der Waals surface area contributed by atoms with Crippen molar-refractivity contribution >= 4 is 17.5 Å². The van der Waals surface area contributed by atoms with Gasteiger partial charge in [-0.15, -0.1) is 0 Å². The minimum Gasteiger partial charge on any atom is -0.378 e. The van der Waals surface area contributed by atoms with Gasteiger partial charge in [-0.2, -0.15) is 0 Å². The van der Waals surface area contributed by atoms with E-state index in [4.69, 9.17) is 0 Å². The lowest BCUT2D eigenvalue weighted by molar-refractivity contribution is -0.130. The van der Waals surface area contributed by atoms with Gasteiger partial charge in [0.2, 0.25) is 5.91 Å². The van der Waals surface area contributed by atoms with Gasteiger partial charge in [0.05, 0.1) is 0 Å². The maximum atomic E-state index is 12.4. The van der Waals surface area contributed by atoms with Crippen molar-refractivity contribution in [2.75, 3.05) is 45.2 Å². The summed E-state index contributed by atoms with van der Waals surface area (Å²) in [6.45, 7) is 4.02. The van der Waals surface area contributed by atoms with E-state index in [2.05, 4.69) is 0 Å². The highest BCUT2D eigenvalue weighted by Gasteiger charge is 2.23. The molecule has 0 atom stereocenters. The van der Waals surface area contributed by atoms with E-state index in [1.807, 2.05) is 48.2 Å². The van der Waals surface area contributed by atoms with Crippen molar-refractivity contribution in [3.05, 3.63) is 29.8 Å². The van der Waals surface area contributed by atoms with Crippen LogP contribution in [0.5, 0.6) is 0 Å². The summed E-state index contributed by atoms with van der Waals surface area (Å²) in [5, 5.41) is 0. The van der Waals surface area contributed by atoms with Gasteiger partial charge in [0.1, 0.15) is 0 Å². The second kappa shape index (κ2) is 5.94. The molecule has 0 aromatic heterocycles. The van der Waals surface area contributed by atoms with Crippen LogP contribution in [0.15, 0.2) is 24.3 Å². The molecule has 0 unspecified atom stereocenters. The first kappa shape index (κ1) is 14.4. The van der Waals surface area contributed by atoms with Crippen molar-refractivity contribution in [1.29, 1.82) is 0 Å². The van der Waals surface area contributed by atoms with Gasteiger partial charge in [0.25, 0.3) is 5.91 Å². The first-order valence-electron chi connectivity index (χ1n) is 6.81. The number of hydrogen-bond acceptors (Lipinski definition) is 3. The van der Waals surface area contributed by atoms with Crippen LogP contribution in [0.2, 0.25) is 0 Å². The third kappa shape index (κ3) is 3.10. The summed E-state index contributed by atoms with van der Waals surface area (Å²) in [6, 6.07) is 7.60. The summed E-state index contributed by atoms with van der Waals surface area (Å²) in [6.07, 6.45) is 0. The minimum absolute atomic E-state index is 0.0403. The fourth-order valence-electron chi connectivity index (χ4n) is 2.31. The standard InChI is InChI=1S/C15H21N3O2/c1-12(19)17-8-10-18(11-9-17)15(20)13-4-6-14(7-5-13)16(2)3/h4-7H,8-11H2,1-3H3. The van der Waals surface area contributed by atoms with Crippen LogP contribution in [0.3, 0.4) is 0 Å². The Morgan fingerprint density at radius 3 is 1.90 bits per heavy atom. The summed E-state index contributed by atoms with van der Waals surface area (Å²) >= 11 is 0. The average Bonchev–Trinajstić information content (AvgIpc) is 2.46. The highest BCUT2D eigenvalue weighted by atomic mass is 16.2. The van der Waals surface area contributed by atoms with Crippen molar-refractivity contribution in [2.45, 2.75) is 6.92 Å². The van der Waals surface area contributed by atoms with Gasteiger partial charge < -0.3 is 14.7 Å². The maximum Gasteiger partial charge on any atom is 0.253 e. The van der Waals surface area contributed by atoms with Crippen LogP contribution in [0.4, 0.5) is 5.69 Å². The van der Waals surface area contributed by atoms with Gasteiger partial charge in [0.15, 0.2) is 0 Å². The fourth-order valence-corrected chi connectivity index (χ4v) is 2.31. The van der Waals surface area contributed by atoms with Crippen molar-refractivity contribution in [2.24, 2.45) is 0 Å². The first-order chi connectivity index (χ1) is 9.49. The molecule has 108 valence electrons. The van der Waals surface area contributed by atoms with Crippen molar-refractivity contribution < 1.29 is 9.59 Å². The van der Waals surface area contributed by atoms with Gasteiger partial charge in [-0.1, -0.05) is 0 Å². The zero-order valence-electron chi connectivity index (χ0n) is 12.3. The molecule has 20 heavy (non-hydrogen) atoms. The van der Waals surface area contributed by atoms with E-state index in [9.17, 15) is 9.59 Å². The molecule has 0 bridgehead atoms. The monoisotopic (exact) mass is 275 g/mol. The molecule has 0 saturated carbocycles. The van der Waals surface area contributed by atoms with E-state index in [0.29, 0.717) is 31.7 Å². The number of hydrogen-bond donors (Lipinski definition) is 0. The first-order valence-corrected chi connectivity index (χ1v) is 6.81. The summed E-state index contributed by atoms with van der Waals surface area (Å²) in [7, 11) is 3.94. The Morgan fingerprint density at radius 2 is 1.45 bits per heavy atom. The van der Waals surface area contributed by atoms with Gasteiger partial charge in [0, 0.05) is 58.4 Å². The molecule has 5 nitrogen and oxygen atoms in total. The predicted octanol–water partition coefficient (Wildman–Crippen LogP) is 1.06. The number of amides is 2. The lowest BCUT2D eigenvalue weighted by Gasteiger charge is -2.34. The molecule has 0 spiro atoms. The third-order valence-corrected chi connectivity index (χ3v) is 3.64. The number of piperazine rings is 1. The smallest absolute Gasteiger partial charge is 0.253 e. The zero-order valence-corrected chi connectivity index (χ0v) is 12.3. The number of anilines is 1. The van der Waals surface area contributed by atoms with Crippen LogP contribution >= 0.6 is 0 Å². The molecule has 1 fully saturated rings. The second-order valence-electron chi connectivity index (χ2n) is 5.24. The maximum absolute atomic E-state index is 12.4. The molecule has 1 aliphatic heterocycles. The zero-order chi connectivity index (χ0) is 14.7. The number of rotatable bonds is 2. The minimum atomic E-state index is 0.0403. The van der Waals surface area contributed by atoms with Crippen LogP contribution in [-0.2, 0) is 4.79 Å². The molecule has 2 amide bonds. The molecular formula is C15H21N3O2. The quantitative estimate of drug-likeness (QED) is 0.810. The Morgan fingerprint density at radius 1 is 0.950 bits per heavy atom. The number of nitrogens with zero attached hydrogens (tertiary/aromatic N) is 3. The van der Waals surface area contributed by atoms with Crippen LogP contribution in [-0.4, -0.2) is 61.9 Å². The van der Waals surface area contributed by atoms with Crippen molar-refractivity contribution in [3.63, 3.8) is 0 Å². The molecule has 0 N–H and O–H groups in total. The number of benzene rings is 1. The van der Waals surface area contributed by atoms with Crippen molar-refractivity contribution in [1.82, 2.24) is 9.80 Å². The van der Waals surface area contributed by atoms with E-state index < -0.39 is 0 Å². The van der Waals surface area contributed by atoms with Crippen LogP contribution in [0, 0.1) is 0 Å². The van der Waals surface area contributed by atoms with Gasteiger partial charge in [-0.3, -0.25) is 9.59 Å². The van der Waals surface area contributed by atoms with E-state index in [1.54, 1.807) is 11.8 Å². The van der Waals surface area contributed by atoms with Gasteiger partial charge in [-0.25, -0.2) is 0 Å². The molecule has 1 aliphatic rings. The summed E-state index contributed by atoms with van der Waals surface area (Å²) in [4.78, 5) is 29.2. The molecular weight excluding hydrogens is 254 g/mol. The fraction of sp³-hybridized carbons (Fsp3) is 0.467. The number of carbonyl (C=O) groups is 2. The Balaban J connectivity index is 2.00. The van der Waals surface area contributed by atoms with Gasteiger partial charge >= 0.3 is 0 Å². The van der Waals surface area contributed by atoms with Crippen LogP contribution in [0.25, 0.3) is 0 Å². The second-order valence-corrected chi connectivity index (χ2v) is 5.24. The van der Waals surface area contributed by atoms with Crippen LogP contribution in [0.1, 0.15) is 17.3 Å². The van der Waals surface area contributed by atoms with Gasteiger partial charge in [-0.05, 0) is 24.3 Å². The molecule has 0 radical (unpaired) electrons.